The summed E-state index contributed by atoms with van der Waals surface area (Å²) in [6, 6.07) is 8.47. The van der Waals surface area contributed by atoms with Crippen molar-refractivity contribution in [3.63, 3.8) is 0 Å². The van der Waals surface area contributed by atoms with Crippen LogP contribution in [0.25, 0.3) is 0 Å². The molecule has 2 fully saturated rings. The van der Waals surface area contributed by atoms with Crippen LogP contribution < -0.4 is 10.1 Å². The second kappa shape index (κ2) is 5.51. The molecule has 0 amide bonds. The van der Waals surface area contributed by atoms with Gasteiger partial charge in [0.15, 0.2) is 0 Å². The number of rotatable bonds is 3. The molecule has 104 valence electrons. The predicted octanol–water partition coefficient (Wildman–Crippen LogP) is 2.41. The highest BCUT2D eigenvalue weighted by Gasteiger charge is 2.38. The summed E-state index contributed by atoms with van der Waals surface area (Å²) < 4.78 is 5.21. The second-order valence-electron chi connectivity index (χ2n) is 5.97. The molecular formula is C16H24N2O. The highest BCUT2D eigenvalue weighted by molar-refractivity contribution is 5.27. The Balaban J connectivity index is 1.58. The smallest absolute Gasteiger partial charge is 0.118 e. The standard InChI is InChI=1S/C16H24N2O/c1-19-15-6-4-14(5-7-15)12-18-11-9-16(13-18)8-2-3-10-17-16/h4-7,17H,2-3,8-13H2,1H3/t16-/m0/s1. The van der Waals surface area contributed by atoms with E-state index in [-0.39, 0.29) is 0 Å². The van der Waals surface area contributed by atoms with Gasteiger partial charge in [-0.3, -0.25) is 4.90 Å². The summed E-state index contributed by atoms with van der Waals surface area (Å²) in [6.07, 6.45) is 5.40. The Morgan fingerprint density at radius 2 is 2.05 bits per heavy atom. The van der Waals surface area contributed by atoms with E-state index in [0.717, 1.165) is 12.3 Å². The Bertz CT molecular complexity index is 409. The molecule has 1 N–H and O–H groups in total. The molecular weight excluding hydrogens is 236 g/mol. The van der Waals surface area contributed by atoms with Crippen molar-refractivity contribution in [3.8, 4) is 5.75 Å². The van der Waals surface area contributed by atoms with E-state index in [1.54, 1.807) is 7.11 Å². The topological polar surface area (TPSA) is 24.5 Å². The highest BCUT2D eigenvalue weighted by atomic mass is 16.5. The third-order valence-electron chi connectivity index (χ3n) is 4.58. The lowest BCUT2D eigenvalue weighted by Gasteiger charge is -2.35. The zero-order valence-corrected chi connectivity index (χ0v) is 11.8. The summed E-state index contributed by atoms with van der Waals surface area (Å²) >= 11 is 0. The van der Waals surface area contributed by atoms with Gasteiger partial charge in [-0.05, 0) is 43.5 Å². The van der Waals surface area contributed by atoms with Gasteiger partial charge in [0.1, 0.15) is 5.75 Å². The Labute approximate surface area is 115 Å². The lowest BCUT2D eigenvalue weighted by atomic mass is 9.88. The van der Waals surface area contributed by atoms with Crippen LogP contribution in [0.4, 0.5) is 0 Å². The van der Waals surface area contributed by atoms with E-state index in [1.165, 1.54) is 50.9 Å². The van der Waals surface area contributed by atoms with Crippen LogP contribution in [-0.2, 0) is 6.54 Å². The van der Waals surface area contributed by atoms with Gasteiger partial charge < -0.3 is 10.1 Å². The number of methoxy groups -OCH3 is 1. The Morgan fingerprint density at radius 3 is 2.74 bits per heavy atom. The van der Waals surface area contributed by atoms with Gasteiger partial charge in [0.25, 0.3) is 0 Å². The molecule has 1 atom stereocenters. The largest absolute Gasteiger partial charge is 0.497 e. The summed E-state index contributed by atoms with van der Waals surface area (Å²) in [5.74, 6) is 0.940. The van der Waals surface area contributed by atoms with Crippen LogP contribution >= 0.6 is 0 Å². The van der Waals surface area contributed by atoms with E-state index in [2.05, 4.69) is 34.5 Å². The van der Waals surface area contributed by atoms with Gasteiger partial charge in [-0.25, -0.2) is 0 Å². The Hall–Kier alpha value is -1.06. The minimum atomic E-state index is 0.421. The summed E-state index contributed by atoms with van der Waals surface area (Å²) in [4.78, 5) is 2.58. The highest BCUT2D eigenvalue weighted by Crippen LogP contribution is 2.30. The van der Waals surface area contributed by atoms with E-state index in [1.807, 2.05) is 0 Å². The first-order valence-electron chi connectivity index (χ1n) is 7.40. The Kier molecular flexibility index (Phi) is 3.76. The molecule has 3 heteroatoms. The number of hydrogen-bond donors (Lipinski definition) is 1. The second-order valence-corrected chi connectivity index (χ2v) is 5.97. The molecule has 0 radical (unpaired) electrons. The molecule has 2 aliphatic heterocycles. The maximum Gasteiger partial charge on any atom is 0.118 e. The molecule has 0 aliphatic carbocycles. The minimum absolute atomic E-state index is 0.421. The number of benzene rings is 1. The fourth-order valence-electron chi connectivity index (χ4n) is 3.46. The summed E-state index contributed by atoms with van der Waals surface area (Å²) in [6.45, 7) is 4.70. The van der Waals surface area contributed by atoms with Gasteiger partial charge >= 0.3 is 0 Å². The van der Waals surface area contributed by atoms with Gasteiger partial charge in [-0.1, -0.05) is 18.6 Å². The van der Waals surface area contributed by atoms with Crippen molar-refractivity contribution in [1.82, 2.24) is 10.2 Å². The van der Waals surface area contributed by atoms with E-state index in [4.69, 9.17) is 4.74 Å². The molecule has 2 aliphatic rings. The first kappa shape index (κ1) is 12.9. The average molecular weight is 260 g/mol. The van der Waals surface area contributed by atoms with Crippen molar-refractivity contribution in [1.29, 1.82) is 0 Å². The van der Waals surface area contributed by atoms with Crippen LogP contribution in [0, 0.1) is 0 Å². The monoisotopic (exact) mass is 260 g/mol. The normalized spacial score (nSPS) is 27.8. The number of hydrogen-bond acceptors (Lipinski definition) is 3. The Morgan fingerprint density at radius 1 is 1.21 bits per heavy atom. The van der Waals surface area contributed by atoms with E-state index >= 15 is 0 Å². The third-order valence-corrected chi connectivity index (χ3v) is 4.58. The number of nitrogens with one attached hydrogen (secondary N) is 1. The minimum Gasteiger partial charge on any atom is -0.497 e. The van der Waals surface area contributed by atoms with Crippen LogP contribution in [0.2, 0.25) is 0 Å². The zero-order valence-electron chi connectivity index (χ0n) is 11.8. The van der Waals surface area contributed by atoms with Crippen molar-refractivity contribution in [3.05, 3.63) is 29.8 Å². The summed E-state index contributed by atoms with van der Waals surface area (Å²) in [5.41, 5.74) is 1.80. The maximum atomic E-state index is 5.21. The third kappa shape index (κ3) is 2.93. The SMILES string of the molecule is COc1ccc(CN2CC[C@@]3(CCCCN3)C2)cc1. The van der Waals surface area contributed by atoms with Gasteiger partial charge in [0, 0.05) is 25.2 Å². The molecule has 0 unspecified atom stereocenters. The van der Waals surface area contributed by atoms with Gasteiger partial charge in [0.2, 0.25) is 0 Å². The number of likely N-dealkylation sites (tertiary alicyclic amines) is 1. The number of ether oxygens (including phenoxy) is 1. The summed E-state index contributed by atoms with van der Waals surface area (Å²) in [7, 11) is 1.72. The molecule has 3 nitrogen and oxygen atoms in total. The predicted molar refractivity (Wildman–Crippen MR) is 77.5 cm³/mol. The molecule has 0 saturated carbocycles. The van der Waals surface area contributed by atoms with Gasteiger partial charge in [0.05, 0.1) is 7.11 Å². The van der Waals surface area contributed by atoms with E-state index in [9.17, 15) is 0 Å². The van der Waals surface area contributed by atoms with Crippen LogP contribution in [0.3, 0.4) is 0 Å². The van der Waals surface area contributed by atoms with Crippen LogP contribution in [0.5, 0.6) is 5.75 Å². The van der Waals surface area contributed by atoms with Crippen molar-refractivity contribution < 1.29 is 4.74 Å². The quantitative estimate of drug-likeness (QED) is 0.903. The van der Waals surface area contributed by atoms with Crippen molar-refractivity contribution in [2.24, 2.45) is 0 Å². The van der Waals surface area contributed by atoms with Crippen LogP contribution in [-0.4, -0.2) is 37.2 Å². The van der Waals surface area contributed by atoms with E-state index in [0.29, 0.717) is 5.54 Å². The molecule has 1 aromatic carbocycles. The van der Waals surface area contributed by atoms with Crippen molar-refractivity contribution in [2.45, 2.75) is 37.8 Å². The molecule has 1 aromatic rings. The van der Waals surface area contributed by atoms with Crippen molar-refractivity contribution in [2.75, 3.05) is 26.7 Å². The number of nitrogens with zero attached hydrogens (tertiary/aromatic N) is 1. The molecule has 19 heavy (non-hydrogen) atoms. The fraction of sp³-hybridized carbons (Fsp3) is 0.625. The first-order valence-corrected chi connectivity index (χ1v) is 7.40. The zero-order chi connectivity index (χ0) is 13.1. The maximum absolute atomic E-state index is 5.21. The van der Waals surface area contributed by atoms with Crippen LogP contribution in [0.15, 0.2) is 24.3 Å². The van der Waals surface area contributed by atoms with Crippen molar-refractivity contribution >= 4 is 0 Å². The first-order chi connectivity index (χ1) is 9.30. The molecule has 0 bridgehead atoms. The lowest BCUT2D eigenvalue weighted by Crippen LogP contribution is -2.50. The van der Waals surface area contributed by atoms with Gasteiger partial charge in [-0.2, -0.15) is 0 Å². The fourth-order valence-corrected chi connectivity index (χ4v) is 3.46. The van der Waals surface area contributed by atoms with Gasteiger partial charge in [-0.15, -0.1) is 0 Å². The molecule has 3 rings (SSSR count). The van der Waals surface area contributed by atoms with Crippen LogP contribution in [0.1, 0.15) is 31.2 Å². The average Bonchev–Trinajstić information content (AvgIpc) is 2.83. The summed E-state index contributed by atoms with van der Waals surface area (Å²) in [5, 5.41) is 3.77. The molecule has 2 heterocycles. The van der Waals surface area contributed by atoms with E-state index < -0.39 is 0 Å². The molecule has 1 spiro atoms. The number of piperidine rings is 1. The molecule has 2 saturated heterocycles. The molecule has 0 aromatic heterocycles. The lowest BCUT2D eigenvalue weighted by molar-refractivity contribution is 0.234.